The van der Waals surface area contributed by atoms with Crippen LogP contribution >= 0.6 is 0 Å². The van der Waals surface area contributed by atoms with Crippen LogP contribution in [0.4, 0.5) is 11.4 Å². The highest BCUT2D eigenvalue weighted by molar-refractivity contribution is 5.77. The van der Waals surface area contributed by atoms with Gasteiger partial charge in [0.25, 0.3) is 0 Å². The van der Waals surface area contributed by atoms with Gasteiger partial charge in [-0.05, 0) is 32.4 Å². The van der Waals surface area contributed by atoms with Crippen molar-refractivity contribution >= 4 is 11.4 Å². The standard InChI is InChI=1S/C15H23N3/c1-11(2)18-10-13-9-16-7-8-17(13)14-6-4-5-12(3)15(14)18/h4-6,11,13,16H,7-10H2,1-3H3. The summed E-state index contributed by atoms with van der Waals surface area (Å²) >= 11 is 0. The Kier molecular flexibility index (Phi) is 2.94. The summed E-state index contributed by atoms with van der Waals surface area (Å²) in [4.78, 5) is 5.16. The number of rotatable bonds is 1. The van der Waals surface area contributed by atoms with Crippen LogP contribution in [-0.4, -0.2) is 38.3 Å². The Morgan fingerprint density at radius 1 is 1.33 bits per heavy atom. The van der Waals surface area contributed by atoms with Crippen LogP contribution in [-0.2, 0) is 0 Å². The Hall–Kier alpha value is -1.22. The van der Waals surface area contributed by atoms with Gasteiger partial charge in [-0.3, -0.25) is 0 Å². The number of para-hydroxylation sites is 1. The first-order valence-corrected chi connectivity index (χ1v) is 7.02. The van der Waals surface area contributed by atoms with Crippen LogP contribution in [0.15, 0.2) is 18.2 Å². The minimum Gasteiger partial charge on any atom is -0.365 e. The summed E-state index contributed by atoms with van der Waals surface area (Å²) < 4.78 is 0. The smallest absolute Gasteiger partial charge is 0.0636 e. The Bertz CT molecular complexity index is 441. The summed E-state index contributed by atoms with van der Waals surface area (Å²) in [5, 5.41) is 3.52. The number of nitrogens with zero attached hydrogens (tertiary/aromatic N) is 2. The average Bonchev–Trinajstić information content (AvgIpc) is 2.38. The van der Waals surface area contributed by atoms with Gasteiger partial charge in [-0.15, -0.1) is 0 Å². The lowest BCUT2D eigenvalue weighted by molar-refractivity contribution is 0.448. The number of benzene rings is 1. The van der Waals surface area contributed by atoms with E-state index in [1.54, 1.807) is 0 Å². The summed E-state index contributed by atoms with van der Waals surface area (Å²) in [6.07, 6.45) is 0. The van der Waals surface area contributed by atoms with E-state index in [0.29, 0.717) is 12.1 Å². The first-order valence-electron chi connectivity index (χ1n) is 7.02. The normalized spacial score (nSPS) is 23.0. The van der Waals surface area contributed by atoms with Gasteiger partial charge in [-0.1, -0.05) is 12.1 Å². The molecule has 18 heavy (non-hydrogen) atoms. The molecule has 0 aliphatic carbocycles. The van der Waals surface area contributed by atoms with Crippen molar-refractivity contribution in [3.63, 3.8) is 0 Å². The van der Waals surface area contributed by atoms with Crippen LogP contribution < -0.4 is 15.1 Å². The molecule has 1 N–H and O–H groups in total. The zero-order valence-electron chi connectivity index (χ0n) is 11.6. The van der Waals surface area contributed by atoms with Crippen LogP contribution in [0, 0.1) is 6.92 Å². The molecule has 1 fully saturated rings. The highest BCUT2D eigenvalue weighted by atomic mass is 15.3. The van der Waals surface area contributed by atoms with Crippen LogP contribution in [0.1, 0.15) is 19.4 Å². The Morgan fingerprint density at radius 2 is 2.17 bits per heavy atom. The Labute approximate surface area is 110 Å². The number of aryl methyl sites for hydroxylation is 1. The quantitative estimate of drug-likeness (QED) is 0.816. The molecule has 1 saturated heterocycles. The second-order valence-electron chi connectivity index (χ2n) is 5.74. The number of piperazine rings is 1. The van der Waals surface area contributed by atoms with Gasteiger partial charge in [0.15, 0.2) is 0 Å². The van der Waals surface area contributed by atoms with Gasteiger partial charge in [0.1, 0.15) is 0 Å². The average molecular weight is 245 g/mol. The lowest BCUT2D eigenvalue weighted by Crippen LogP contribution is -2.60. The van der Waals surface area contributed by atoms with Gasteiger partial charge in [-0.2, -0.15) is 0 Å². The van der Waals surface area contributed by atoms with Crippen molar-refractivity contribution in [3.05, 3.63) is 23.8 Å². The summed E-state index contributed by atoms with van der Waals surface area (Å²) in [5.74, 6) is 0. The van der Waals surface area contributed by atoms with Gasteiger partial charge >= 0.3 is 0 Å². The van der Waals surface area contributed by atoms with E-state index >= 15 is 0 Å². The number of hydrogen-bond donors (Lipinski definition) is 1. The molecule has 0 bridgehead atoms. The maximum Gasteiger partial charge on any atom is 0.0636 e. The second-order valence-corrected chi connectivity index (χ2v) is 5.74. The maximum atomic E-state index is 3.52. The molecule has 3 rings (SSSR count). The minimum atomic E-state index is 0.564. The molecule has 3 nitrogen and oxygen atoms in total. The predicted molar refractivity (Wildman–Crippen MR) is 77.7 cm³/mol. The summed E-state index contributed by atoms with van der Waals surface area (Å²) in [7, 11) is 0. The third-order valence-electron chi connectivity index (χ3n) is 4.19. The van der Waals surface area contributed by atoms with E-state index in [1.807, 2.05) is 0 Å². The van der Waals surface area contributed by atoms with Crippen molar-refractivity contribution in [3.8, 4) is 0 Å². The molecular weight excluding hydrogens is 222 g/mol. The Morgan fingerprint density at radius 3 is 2.94 bits per heavy atom. The zero-order chi connectivity index (χ0) is 12.7. The third kappa shape index (κ3) is 1.77. The fourth-order valence-electron chi connectivity index (χ4n) is 3.28. The van der Waals surface area contributed by atoms with Crippen molar-refractivity contribution in [2.45, 2.75) is 32.9 Å². The van der Waals surface area contributed by atoms with Gasteiger partial charge in [0, 0.05) is 32.2 Å². The highest BCUT2D eigenvalue weighted by Gasteiger charge is 2.33. The summed E-state index contributed by atoms with van der Waals surface area (Å²) in [5.41, 5.74) is 4.28. The van der Waals surface area contributed by atoms with E-state index in [4.69, 9.17) is 0 Å². The topological polar surface area (TPSA) is 18.5 Å². The Balaban J connectivity index is 2.08. The second kappa shape index (κ2) is 4.47. The molecule has 1 atom stereocenters. The molecule has 98 valence electrons. The third-order valence-corrected chi connectivity index (χ3v) is 4.19. The number of anilines is 2. The molecule has 2 aliphatic rings. The van der Waals surface area contributed by atoms with Gasteiger partial charge in [0.05, 0.1) is 17.4 Å². The number of fused-ring (bicyclic) bond motifs is 3. The minimum absolute atomic E-state index is 0.564. The molecule has 1 aromatic rings. The van der Waals surface area contributed by atoms with E-state index in [-0.39, 0.29) is 0 Å². The molecule has 1 aromatic carbocycles. The van der Waals surface area contributed by atoms with Gasteiger partial charge in [-0.25, -0.2) is 0 Å². The molecule has 1 unspecified atom stereocenters. The molecule has 0 amide bonds. The largest absolute Gasteiger partial charge is 0.365 e. The van der Waals surface area contributed by atoms with E-state index in [2.05, 4.69) is 54.1 Å². The number of hydrogen-bond acceptors (Lipinski definition) is 3. The van der Waals surface area contributed by atoms with Crippen molar-refractivity contribution in [2.24, 2.45) is 0 Å². The molecular formula is C15H23N3. The van der Waals surface area contributed by atoms with E-state index in [9.17, 15) is 0 Å². The van der Waals surface area contributed by atoms with Gasteiger partial charge < -0.3 is 15.1 Å². The molecule has 0 radical (unpaired) electrons. The lowest BCUT2D eigenvalue weighted by Gasteiger charge is -2.49. The lowest BCUT2D eigenvalue weighted by atomic mass is 10.0. The molecule has 2 aliphatic heterocycles. The first-order chi connectivity index (χ1) is 8.68. The SMILES string of the molecule is Cc1cccc2c1N(C(C)C)CC1CNCCN21. The fourth-order valence-corrected chi connectivity index (χ4v) is 3.28. The maximum absolute atomic E-state index is 3.52. The van der Waals surface area contributed by atoms with Crippen molar-refractivity contribution in [2.75, 3.05) is 36.0 Å². The first kappa shape index (κ1) is 11.8. The van der Waals surface area contributed by atoms with E-state index in [1.165, 1.54) is 16.9 Å². The molecule has 0 saturated carbocycles. The molecule has 2 heterocycles. The molecule has 0 aromatic heterocycles. The molecule has 3 heteroatoms. The fraction of sp³-hybridized carbons (Fsp3) is 0.600. The van der Waals surface area contributed by atoms with Crippen molar-refractivity contribution in [1.82, 2.24) is 5.32 Å². The molecule has 0 spiro atoms. The van der Waals surface area contributed by atoms with Crippen molar-refractivity contribution in [1.29, 1.82) is 0 Å². The monoisotopic (exact) mass is 245 g/mol. The van der Waals surface area contributed by atoms with Gasteiger partial charge in [0.2, 0.25) is 0 Å². The zero-order valence-corrected chi connectivity index (χ0v) is 11.6. The number of nitrogens with one attached hydrogen (secondary N) is 1. The highest BCUT2D eigenvalue weighted by Crippen LogP contribution is 2.39. The van der Waals surface area contributed by atoms with Crippen LogP contribution in [0.2, 0.25) is 0 Å². The summed E-state index contributed by atoms with van der Waals surface area (Å²) in [6, 6.07) is 7.90. The predicted octanol–water partition coefficient (Wildman–Crippen LogP) is 2.00. The van der Waals surface area contributed by atoms with Crippen LogP contribution in [0.5, 0.6) is 0 Å². The van der Waals surface area contributed by atoms with E-state index in [0.717, 1.165) is 26.2 Å². The van der Waals surface area contributed by atoms with E-state index < -0.39 is 0 Å². The van der Waals surface area contributed by atoms with Crippen LogP contribution in [0.3, 0.4) is 0 Å². The van der Waals surface area contributed by atoms with Crippen LogP contribution in [0.25, 0.3) is 0 Å². The summed E-state index contributed by atoms with van der Waals surface area (Å²) in [6.45, 7) is 11.3. The van der Waals surface area contributed by atoms with Crippen molar-refractivity contribution < 1.29 is 0 Å².